The van der Waals surface area contributed by atoms with Crippen LogP contribution in [0.4, 0.5) is 5.69 Å². The largest absolute Gasteiger partial charge is 0.372 e. The van der Waals surface area contributed by atoms with Crippen LogP contribution in [-0.4, -0.2) is 13.1 Å². The fourth-order valence-electron chi connectivity index (χ4n) is 1.65. The van der Waals surface area contributed by atoms with Gasteiger partial charge in [0.1, 0.15) is 0 Å². The van der Waals surface area contributed by atoms with Gasteiger partial charge >= 0.3 is 0 Å². The van der Waals surface area contributed by atoms with Gasteiger partial charge in [0.15, 0.2) is 0 Å². The van der Waals surface area contributed by atoms with E-state index in [2.05, 4.69) is 36.9 Å². The number of nitrogens with zero attached hydrogens (tertiary/aromatic N) is 1. The van der Waals surface area contributed by atoms with Crippen LogP contribution in [-0.2, 0) is 5.88 Å². The van der Waals surface area contributed by atoms with E-state index >= 15 is 0 Å². The van der Waals surface area contributed by atoms with Gasteiger partial charge in [-0.05, 0) is 25.0 Å². The molecule has 0 aliphatic carbocycles. The van der Waals surface area contributed by atoms with Crippen molar-refractivity contribution in [3.05, 3.63) is 29.8 Å². The molecule has 0 fully saturated rings. The standard InChI is InChI=1S/C12H18ClN/c1-3-9-14(4-2)12-8-6-5-7-11(12)10-13/h5-8H,3-4,9-10H2,1-2H3. The lowest BCUT2D eigenvalue weighted by Gasteiger charge is -2.24. The second-order valence-corrected chi connectivity index (χ2v) is 3.61. The SMILES string of the molecule is CCCN(CC)c1ccccc1CCl. The summed E-state index contributed by atoms with van der Waals surface area (Å²) in [6.45, 7) is 6.53. The quantitative estimate of drug-likeness (QED) is 0.672. The van der Waals surface area contributed by atoms with Gasteiger partial charge in [0, 0.05) is 24.7 Å². The zero-order valence-electron chi connectivity index (χ0n) is 8.96. The number of anilines is 1. The van der Waals surface area contributed by atoms with E-state index in [1.54, 1.807) is 0 Å². The highest BCUT2D eigenvalue weighted by atomic mass is 35.5. The second kappa shape index (κ2) is 5.92. The minimum Gasteiger partial charge on any atom is -0.372 e. The molecule has 0 heterocycles. The second-order valence-electron chi connectivity index (χ2n) is 3.34. The molecule has 1 nitrogen and oxygen atoms in total. The van der Waals surface area contributed by atoms with Crippen molar-refractivity contribution in [2.45, 2.75) is 26.1 Å². The molecule has 0 atom stereocenters. The fourth-order valence-corrected chi connectivity index (χ4v) is 1.88. The minimum absolute atomic E-state index is 0.594. The van der Waals surface area contributed by atoms with E-state index < -0.39 is 0 Å². The van der Waals surface area contributed by atoms with Crippen LogP contribution < -0.4 is 4.90 Å². The summed E-state index contributed by atoms with van der Waals surface area (Å²) < 4.78 is 0. The molecule has 0 radical (unpaired) electrons. The van der Waals surface area contributed by atoms with Crippen molar-refractivity contribution in [3.63, 3.8) is 0 Å². The first-order valence-corrected chi connectivity index (χ1v) is 5.75. The maximum absolute atomic E-state index is 5.91. The number of hydrogen-bond acceptors (Lipinski definition) is 1. The van der Waals surface area contributed by atoms with Gasteiger partial charge in [-0.1, -0.05) is 25.1 Å². The summed E-state index contributed by atoms with van der Waals surface area (Å²) in [6, 6.07) is 8.36. The molecule has 0 bridgehead atoms. The number of hydrogen-bond donors (Lipinski definition) is 0. The van der Waals surface area contributed by atoms with Crippen LogP contribution in [0.1, 0.15) is 25.8 Å². The topological polar surface area (TPSA) is 3.24 Å². The summed E-state index contributed by atoms with van der Waals surface area (Å²) in [7, 11) is 0. The van der Waals surface area contributed by atoms with E-state index in [0.717, 1.165) is 13.1 Å². The Morgan fingerprint density at radius 2 is 1.93 bits per heavy atom. The van der Waals surface area contributed by atoms with Crippen molar-refractivity contribution < 1.29 is 0 Å². The van der Waals surface area contributed by atoms with Crippen molar-refractivity contribution >= 4 is 17.3 Å². The molecule has 1 rings (SSSR count). The minimum atomic E-state index is 0.594. The highest BCUT2D eigenvalue weighted by Crippen LogP contribution is 2.21. The van der Waals surface area contributed by atoms with E-state index in [0.29, 0.717) is 5.88 Å². The van der Waals surface area contributed by atoms with Gasteiger partial charge in [0.25, 0.3) is 0 Å². The van der Waals surface area contributed by atoms with Gasteiger partial charge in [-0.3, -0.25) is 0 Å². The predicted molar refractivity (Wildman–Crippen MR) is 64.2 cm³/mol. The van der Waals surface area contributed by atoms with E-state index in [9.17, 15) is 0 Å². The Morgan fingerprint density at radius 1 is 1.21 bits per heavy atom. The van der Waals surface area contributed by atoms with E-state index in [4.69, 9.17) is 11.6 Å². The van der Waals surface area contributed by atoms with E-state index in [1.165, 1.54) is 17.7 Å². The molecule has 0 aliphatic heterocycles. The van der Waals surface area contributed by atoms with Crippen LogP contribution in [0.2, 0.25) is 0 Å². The third kappa shape index (κ3) is 2.65. The lowest BCUT2D eigenvalue weighted by Crippen LogP contribution is -2.24. The van der Waals surface area contributed by atoms with Crippen molar-refractivity contribution in [3.8, 4) is 0 Å². The average Bonchev–Trinajstić information content (AvgIpc) is 2.26. The molecule has 1 aromatic rings. The number of rotatable bonds is 5. The van der Waals surface area contributed by atoms with Gasteiger partial charge in [0.05, 0.1) is 0 Å². The molecule has 0 amide bonds. The highest BCUT2D eigenvalue weighted by Gasteiger charge is 2.06. The number of alkyl halides is 1. The van der Waals surface area contributed by atoms with Crippen molar-refractivity contribution in [2.75, 3.05) is 18.0 Å². The number of benzene rings is 1. The van der Waals surface area contributed by atoms with Crippen LogP contribution in [0.5, 0.6) is 0 Å². The van der Waals surface area contributed by atoms with Crippen molar-refractivity contribution in [2.24, 2.45) is 0 Å². The van der Waals surface area contributed by atoms with Crippen LogP contribution in [0.15, 0.2) is 24.3 Å². The summed E-state index contributed by atoms with van der Waals surface area (Å²) in [6.07, 6.45) is 1.17. The van der Waals surface area contributed by atoms with Crippen LogP contribution in [0.3, 0.4) is 0 Å². The summed E-state index contributed by atoms with van der Waals surface area (Å²) in [4.78, 5) is 2.37. The summed E-state index contributed by atoms with van der Waals surface area (Å²) in [5.74, 6) is 0.594. The molecule has 1 aromatic carbocycles. The fraction of sp³-hybridized carbons (Fsp3) is 0.500. The molecule has 0 spiro atoms. The van der Waals surface area contributed by atoms with Gasteiger partial charge in [0.2, 0.25) is 0 Å². The Labute approximate surface area is 91.7 Å². The lowest BCUT2D eigenvalue weighted by molar-refractivity contribution is 0.788. The monoisotopic (exact) mass is 211 g/mol. The van der Waals surface area contributed by atoms with Gasteiger partial charge in [-0.25, -0.2) is 0 Å². The maximum atomic E-state index is 5.91. The molecule has 0 aliphatic rings. The third-order valence-electron chi connectivity index (χ3n) is 2.35. The van der Waals surface area contributed by atoms with Crippen molar-refractivity contribution in [1.29, 1.82) is 0 Å². The number of para-hydroxylation sites is 1. The normalized spacial score (nSPS) is 10.2. The van der Waals surface area contributed by atoms with E-state index in [-0.39, 0.29) is 0 Å². The van der Waals surface area contributed by atoms with Gasteiger partial charge < -0.3 is 4.90 Å². The van der Waals surface area contributed by atoms with Crippen molar-refractivity contribution in [1.82, 2.24) is 0 Å². The first kappa shape index (κ1) is 11.4. The number of halogens is 1. The first-order chi connectivity index (χ1) is 6.83. The Morgan fingerprint density at radius 3 is 2.50 bits per heavy atom. The molecule has 14 heavy (non-hydrogen) atoms. The Kier molecular flexibility index (Phi) is 4.81. The smallest absolute Gasteiger partial charge is 0.0494 e. The van der Waals surface area contributed by atoms with E-state index in [1.807, 2.05) is 6.07 Å². The molecular formula is C12H18ClN. The molecule has 78 valence electrons. The Balaban J connectivity index is 2.90. The Bertz CT molecular complexity index is 273. The highest BCUT2D eigenvalue weighted by molar-refractivity contribution is 6.17. The predicted octanol–water partition coefficient (Wildman–Crippen LogP) is 3.66. The molecule has 0 saturated heterocycles. The molecule has 0 unspecified atom stereocenters. The first-order valence-electron chi connectivity index (χ1n) is 5.22. The third-order valence-corrected chi connectivity index (χ3v) is 2.64. The van der Waals surface area contributed by atoms with Gasteiger partial charge in [-0.15, -0.1) is 11.6 Å². The van der Waals surface area contributed by atoms with Crippen LogP contribution in [0, 0.1) is 0 Å². The molecule has 2 heteroatoms. The van der Waals surface area contributed by atoms with Gasteiger partial charge in [-0.2, -0.15) is 0 Å². The average molecular weight is 212 g/mol. The summed E-state index contributed by atoms with van der Waals surface area (Å²) in [5, 5.41) is 0. The zero-order valence-corrected chi connectivity index (χ0v) is 9.72. The summed E-state index contributed by atoms with van der Waals surface area (Å²) in [5.41, 5.74) is 2.51. The van der Waals surface area contributed by atoms with Crippen LogP contribution >= 0.6 is 11.6 Å². The molecule has 0 aromatic heterocycles. The lowest BCUT2D eigenvalue weighted by atomic mass is 10.1. The zero-order chi connectivity index (χ0) is 10.4. The molecule has 0 saturated carbocycles. The molecule has 0 N–H and O–H groups in total. The maximum Gasteiger partial charge on any atom is 0.0494 e. The molecular weight excluding hydrogens is 194 g/mol. The Hall–Kier alpha value is -0.690. The summed E-state index contributed by atoms with van der Waals surface area (Å²) >= 11 is 5.91. The van der Waals surface area contributed by atoms with Crippen LogP contribution in [0.25, 0.3) is 0 Å².